The predicted molar refractivity (Wildman–Crippen MR) is 105 cm³/mol. The number of carbonyl (C=O) groups is 1. The SMILES string of the molecule is COc1ccc(C(=O)N[C@@H]2CCN(c3cc(-c4ccc(F)cc4)[nH]n3)C2)cc1. The Kier molecular flexibility index (Phi) is 4.97. The number of halogens is 1. The Morgan fingerprint density at radius 3 is 2.68 bits per heavy atom. The van der Waals surface area contributed by atoms with Gasteiger partial charge in [-0.15, -0.1) is 0 Å². The van der Waals surface area contributed by atoms with Crippen molar-refractivity contribution in [1.29, 1.82) is 0 Å². The summed E-state index contributed by atoms with van der Waals surface area (Å²) < 4.78 is 18.2. The molecule has 7 heteroatoms. The minimum atomic E-state index is -0.265. The highest BCUT2D eigenvalue weighted by molar-refractivity contribution is 5.94. The van der Waals surface area contributed by atoms with Crippen LogP contribution in [-0.4, -0.2) is 42.3 Å². The molecule has 0 saturated carbocycles. The molecule has 0 bridgehead atoms. The lowest BCUT2D eigenvalue weighted by Gasteiger charge is -2.16. The fourth-order valence-electron chi connectivity index (χ4n) is 3.35. The minimum absolute atomic E-state index is 0.0561. The topological polar surface area (TPSA) is 70.2 Å². The second-order valence-electron chi connectivity index (χ2n) is 6.78. The first-order valence-electron chi connectivity index (χ1n) is 9.13. The third-order valence-electron chi connectivity index (χ3n) is 4.92. The Bertz CT molecular complexity index is 953. The molecule has 1 amide bonds. The molecule has 0 unspecified atom stereocenters. The first-order chi connectivity index (χ1) is 13.6. The van der Waals surface area contributed by atoms with Crippen LogP contribution in [0.5, 0.6) is 5.75 Å². The van der Waals surface area contributed by atoms with Crippen molar-refractivity contribution in [2.75, 3.05) is 25.1 Å². The number of nitrogens with zero attached hydrogens (tertiary/aromatic N) is 2. The van der Waals surface area contributed by atoms with E-state index in [0.29, 0.717) is 12.1 Å². The van der Waals surface area contributed by atoms with Crippen molar-refractivity contribution in [2.45, 2.75) is 12.5 Å². The quantitative estimate of drug-likeness (QED) is 0.713. The molecule has 28 heavy (non-hydrogen) atoms. The molecule has 0 radical (unpaired) electrons. The number of aromatic nitrogens is 2. The minimum Gasteiger partial charge on any atom is -0.497 e. The van der Waals surface area contributed by atoms with E-state index in [2.05, 4.69) is 20.4 Å². The number of hydrogen-bond donors (Lipinski definition) is 2. The van der Waals surface area contributed by atoms with E-state index in [1.165, 1.54) is 12.1 Å². The number of benzene rings is 2. The number of hydrogen-bond acceptors (Lipinski definition) is 4. The van der Waals surface area contributed by atoms with E-state index in [4.69, 9.17) is 4.74 Å². The van der Waals surface area contributed by atoms with Crippen molar-refractivity contribution in [3.63, 3.8) is 0 Å². The number of rotatable bonds is 5. The number of methoxy groups -OCH3 is 1. The van der Waals surface area contributed by atoms with Crippen LogP contribution in [0.4, 0.5) is 10.2 Å². The molecule has 4 rings (SSSR count). The van der Waals surface area contributed by atoms with Crippen molar-refractivity contribution in [2.24, 2.45) is 0 Å². The van der Waals surface area contributed by atoms with Crippen LogP contribution in [-0.2, 0) is 0 Å². The van der Waals surface area contributed by atoms with Crippen LogP contribution in [0.3, 0.4) is 0 Å². The van der Waals surface area contributed by atoms with Crippen LogP contribution in [0.15, 0.2) is 54.6 Å². The summed E-state index contributed by atoms with van der Waals surface area (Å²) in [4.78, 5) is 14.6. The number of H-pyrrole nitrogens is 1. The Morgan fingerprint density at radius 2 is 1.96 bits per heavy atom. The largest absolute Gasteiger partial charge is 0.497 e. The molecule has 2 N–H and O–H groups in total. The zero-order valence-corrected chi connectivity index (χ0v) is 15.5. The predicted octanol–water partition coefficient (Wildman–Crippen LogP) is 3.23. The Hall–Kier alpha value is -3.35. The maximum atomic E-state index is 13.1. The van der Waals surface area contributed by atoms with Gasteiger partial charge in [0.2, 0.25) is 0 Å². The van der Waals surface area contributed by atoms with Crippen LogP contribution in [0, 0.1) is 5.82 Å². The summed E-state index contributed by atoms with van der Waals surface area (Å²) in [5.74, 6) is 1.18. The molecule has 0 aliphatic carbocycles. The van der Waals surface area contributed by atoms with E-state index < -0.39 is 0 Å². The Balaban J connectivity index is 1.37. The number of nitrogens with one attached hydrogen (secondary N) is 2. The molecule has 0 spiro atoms. The van der Waals surface area contributed by atoms with Crippen LogP contribution in [0.2, 0.25) is 0 Å². The van der Waals surface area contributed by atoms with Gasteiger partial charge in [0.1, 0.15) is 11.6 Å². The van der Waals surface area contributed by atoms with Crippen molar-refractivity contribution in [3.8, 4) is 17.0 Å². The van der Waals surface area contributed by atoms with Gasteiger partial charge in [-0.1, -0.05) is 0 Å². The second-order valence-corrected chi connectivity index (χ2v) is 6.78. The molecular formula is C21H21FN4O2. The Labute approximate surface area is 162 Å². The van der Waals surface area contributed by atoms with Crippen molar-refractivity contribution in [3.05, 3.63) is 66.0 Å². The third-order valence-corrected chi connectivity index (χ3v) is 4.92. The number of anilines is 1. The van der Waals surface area contributed by atoms with Gasteiger partial charge in [-0.3, -0.25) is 9.89 Å². The third kappa shape index (κ3) is 3.83. The number of carbonyl (C=O) groups excluding carboxylic acids is 1. The lowest BCUT2D eigenvalue weighted by atomic mass is 10.1. The van der Waals surface area contributed by atoms with Crippen molar-refractivity contribution >= 4 is 11.7 Å². The van der Waals surface area contributed by atoms with Crippen LogP contribution in [0.25, 0.3) is 11.3 Å². The molecular weight excluding hydrogens is 359 g/mol. The van der Waals surface area contributed by atoms with Crippen molar-refractivity contribution < 1.29 is 13.9 Å². The van der Waals surface area contributed by atoms with E-state index in [-0.39, 0.29) is 17.8 Å². The van der Waals surface area contributed by atoms with Crippen LogP contribution in [0.1, 0.15) is 16.8 Å². The van der Waals surface area contributed by atoms with E-state index in [1.54, 1.807) is 43.5 Å². The molecule has 2 heterocycles. The molecule has 1 aliphatic rings. The fourth-order valence-corrected chi connectivity index (χ4v) is 3.35. The molecule has 2 aromatic carbocycles. The van der Waals surface area contributed by atoms with Gasteiger partial charge in [0.15, 0.2) is 5.82 Å². The average Bonchev–Trinajstić information content (AvgIpc) is 3.38. The van der Waals surface area contributed by atoms with Gasteiger partial charge in [0.05, 0.1) is 12.8 Å². The van der Waals surface area contributed by atoms with Gasteiger partial charge in [0, 0.05) is 30.8 Å². The zero-order valence-electron chi connectivity index (χ0n) is 15.5. The maximum Gasteiger partial charge on any atom is 0.251 e. The summed E-state index contributed by atoms with van der Waals surface area (Å²) in [5.41, 5.74) is 2.32. The molecule has 1 aromatic heterocycles. The lowest BCUT2D eigenvalue weighted by molar-refractivity contribution is 0.0940. The summed E-state index contributed by atoms with van der Waals surface area (Å²) in [6.07, 6.45) is 0.848. The molecule has 6 nitrogen and oxygen atoms in total. The summed E-state index contributed by atoms with van der Waals surface area (Å²) in [5, 5.41) is 10.4. The highest BCUT2D eigenvalue weighted by Crippen LogP contribution is 2.24. The van der Waals surface area contributed by atoms with Gasteiger partial charge >= 0.3 is 0 Å². The molecule has 1 aliphatic heterocycles. The van der Waals surface area contributed by atoms with Gasteiger partial charge in [0.25, 0.3) is 5.91 Å². The van der Waals surface area contributed by atoms with Gasteiger partial charge in [-0.25, -0.2) is 4.39 Å². The van der Waals surface area contributed by atoms with E-state index in [1.807, 2.05) is 6.07 Å². The highest BCUT2D eigenvalue weighted by atomic mass is 19.1. The first-order valence-corrected chi connectivity index (χ1v) is 9.13. The molecule has 1 fully saturated rings. The van der Waals surface area contributed by atoms with Crippen LogP contribution < -0.4 is 15.0 Å². The van der Waals surface area contributed by atoms with Gasteiger partial charge in [-0.05, 0) is 60.5 Å². The maximum absolute atomic E-state index is 13.1. The molecule has 144 valence electrons. The van der Waals surface area contributed by atoms with E-state index >= 15 is 0 Å². The number of ether oxygens (including phenoxy) is 1. The summed E-state index contributed by atoms with van der Waals surface area (Å²) in [6, 6.07) is 15.3. The summed E-state index contributed by atoms with van der Waals surface area (Å²) in [7, 11) is 1.60. The summed E-state index contributed by atoms with van der Waals surface area (Å²) in [6.45, 7) is 1.50. The standard InChI is InChI=1S/C21H21FN4O2/c1-28-18-8-4-15(5-9-18)21(27)23-17-10-11-26(13-17)20-12-19(24-25-20)14-2-6-16(22)7-3-14/h2-9,12,17H,10-11,13H2,1H3,(H,23,27)(H,24,25)/t17-/m1/s1. The monoisotopic (exact) mass is 380 g/mol. The zero-order chi connectivity index (χ0) is 19.5. The van der Waals surface area contributed by atoms with Crippen molar-refractivity contribution in [1.82, 2.24) is 15.5 Å². The number of aromatic amines is 1. The van der Waals surface area contributed by atoms with Gasteiger partial charge in [-0.2, -0.15) is 5.10 Å². The summed E-state index contributed by atoms with van der Waals surface area (Å²) >= 11 is 0. The average molecular weight is 380 g/mol. The lowest BCUT2D eigenvalue weighted by Crippen LogP contribution is -2.37. The molecule has 3 aromatic rings. The molecule has 1 saturated heterocycles. The number of amides is 1. The fraction of sp³-hybridized carbons (Fsp3) is 0.238. The first kappa shape index (κ1) is 18.0. The molecule has 1 atom stereocenters. The Morgan fingerprint density at radius 1 is 1.21 bits per heavy atom. The normalized spacial score (nSPS) is 16.2. The van der Waals surface area contributed by atoms with E-state index in [0.717, 1.165) is 35.8 Å². The van der Waals surface area contributed by atoms with Gasteiger partial charge < -0.3 is 15.0 Å². The van der Waals surface area contributed by atoms with Crippen LogP contribution >= 0.6 is 0 Å². The second kappa shape index (κ2) is 7.72. The van der Waals surface area contributed by atoms with E-state index in [9.17, 15) is 9.18 Å². The highest BCUT2D eigenvalue weighted by Gasteiger charge is 2.26. The smallest absolute Gasteiger partial charge is 0.251 e.